The monoisotopic (exact) mass is 495 g/mol. The number of phenols is 1. The Bertz CT molecular complexity index is 903. The second-order valence-corrected chi connectivity index (χ2v) is 9.68. The number of rotatable bonds is 9. The number of hydrogen-bond donors (Lipinski definition) is 1. The van der Waals surface area contributed by atoms with Crippen molar-refractivity contribution in [3.8, 4) is 5.75 Å². The van der Waals surface area contributed by atoms with Gasteiger partial charge in [0.1, 0.15) is 12.0 Å². The Labute approximate surface area is 220 Å². The highest BCUT2D eigenvalue weighted by Gasteiger charge is 2.34. The summed E-state index contributed by atoms with van der Waals surface area (Å²) in [4.78, 5) is 22.9. The lowest BCUT2D eigenvalue weighted by atomic mass is 9.72. The molecule has 0 bridgehead atoms. The van der Waals surface area contributed by atoms with E-state index in [2.05, 4.69) is 51.6 Å². The van der Waals surface area contributed by atoms with Crippen molar-refractivity contribution in [3.63, 3.8) is 0 Å². The van der Waals surface area contributed by atoms with E-state index >= 15 is 0 Å². The molecule has 3 rings (SSSR count). The molecule has 1 aliphatic rings. The van der Waals surface area contributed by atoms with Gasteiger partial charge in [0.25, 0.3) is 0 Å². The average molecular weight is 496 g/mol. The van der Waals surface area contributed by atoms with Gasteiger partial charge in [0, 0.05) is 20.9 Å². The Morgan fingerprint density at radius 1 is 1.11 bits per heavy atom. The van der Waals surface area contributed by atoms with E-state index in [4.69, 9.17) is 4.79 Å². The number of benzene rings is 2. The summed E-state index contributed by atoms with van der Waals surface area (Å²) < 4.78 is 0. The predicted octanol–water partition coefficient (Wildman–Crippen LogP) is 7.71. The number of allylic oxidation sites excluding steroid dienone is 1. The normalized spacial score (nSPS) is 13.9. The molecule has 0 saturated carbocycles. The summed E-state index contributed by atoms with van der Waals surface area (Å²) >= 11 is 0. The lowest BCUT2D eigenvalue weighted by Gasteiger charge is -2.42. The van der Waals surface area contributed by atoms with Gasteiger partial charge in [-0.2, -0.15) is 0 Å². The van der Waals surface area contributed by atoms with Crippen molar-refractivity contribution in [1.82, 2.24) is 4.90 Å². The molecule has 1 amide bonds. The number of carbonyl (C=O) groups excluding carboxylic acids is 2. The molecule has 36 heavy (non-hydrogen) atoms. The summed E-state index contributed by atoms with van der Waals surface area (Å²) in [5.41, 5.74) is 4.06. The standard InChI is InChI=1S/C21H31NO2.C9H12.C2H4O.H2/c1-3-8-20(24)22-16-14-21(12-4-2,15-17-22)13-7-10-18-9-5-6-11-19(18)23;1-3-9-6-4-8(2)5-7-9;1-2-3;/h4-6,9,11,23H,2-3,7-8,10,12-17H2,1H3;4-7H,3H2,1-2H3;2H,1H3;1H. The number of piperidine rings is 1. The van der Waals surface area contributed by atoms with Crippen LogP contribution in [0.1, 0.15) is 83.8 Å². The highest BCUT2D eigenvalue weighted by atomic mass is 16.3. The third-order valence-corrected chi connectivity index (χ3v) is 6.89. The van der Waals surface area contributed by atoms with Crippen molar-refractivity contribution in [1.29, 1.82) is 0 Å². The van der Waals surface area contributed by atoms with Crippen LogP contribution < -0.4 is 0 Å². The van der Waals surface area contributed by atoms with Crippen molar-refractivity contribution < 1.29 is 16.1 Å². The first kappa shape index (κ1) is 31.2. The van der Waals surface area contributed by atoms with Crippen LogP contribution >= 0.6 is 0 Å². The fourth-order valence-corrected chi connectivity index (χ4v) is 4.66. The molecule has 0 aliphatic carbocycles. The van der Waals surface area contributed by atoms with E-state index in [9.17, 15) is 9.90 Å². The number of aryl methyl sites for hydroxylation is 3. The van der Waals surface area contributed by atoms with Gasteiger partial charge in [-0.3, -0.25) is 4.79 Å². The Morgan fingerprint density at radius 3 is 2.25 bits per heavy atom. The quantitative estimate of drug-likeness (QED) is 0.286. The van der Waals surface area contributed by atoms with E-state index in [1.54, 1.807) is 6.07 Å². The molecule has 1 saturated heterocycles. The highest BCUT2D eigenvalue weighted by Crippen LogP contribution is 2.40. The minimum absolute atomic E-state index is 0. The third kappa shape index (κ3) is 11.2. The number of likely N-dealkylation sites (tertiary alicyclic amines) is 1. The average Bonchev–Trinajstić information content (AvgIpc) is 2.87. The van der Waals surface area contributed by atoms with E-state index in [1.807, 2.05) is 29.2 Å². The number of amides is 1. The van der Waals surface area contributed by atoms with Gasteiger partial charge in [-0.05, 0) is 87.8 Å². The number of nitrogens with zero attached hydrogens (tertiary/aromatic N) is 1. The summed E-state index contributed by atoms with van der Waals surface area (Å²) in [5, 5.41) is 9.90. The van der Waals surface area contributed by atoms with Crippen molar-refractivity contribution in [2.24, 2.45) is 5.41 Å². The van der Waals surface area contributed by atoms with E-state index in [0.717, 1.165) is 76.3 Å². The van der Waals surface area contributed by atoms with Gasteiger partial charge in [-0.1, -0.05) is 68.0 Å². The Kier molecular flexibility index (Phi) is 15.2. The second kappa shape index (κ2) is 17.5. The van der Waals surface area contributed by atoms with Crippen molar-refractivity contribution >= 4 is 12.2 Å². The van der Waals surface area contributed by atoms with Crippen LogP contribution in [-0.2, 0) is 22.4 Å². The van der Waals surface area contributed by atoms with Gasteiger partial charge in [-0.25, -0.2) is 0 Å². The number of aromatic hydroxyl groups is 1. The summed E-state index contributed by atoms with van der Waals surface area (Å²) in [5.74, 6) is 0.703. The molecule has 2 aromatic carbocycles. The van der Waals surface area contributed by atoms with Crippen molar-refractivity contribution in [3.05, 3.63) is 77.9 Å². The molecule has 0 aromatic heterocycles. The Hall–Kier alpha value is -2.88. The van der Waals surface area contributed by atoms with Crippen LogP contribution in [0.3, 0.4) is 0 Å². The molecule has 1 fully saturated rings. The Balaban J connectivity index is 0.000000829. The molecule has 0 spiro atoms. The van der Waals surface area contributed by atoms with Crippen LogP contribution in [0.25, 0.3) is 0 Å². The molecule has 0 atom stereocenters. The van der Waals surface area contributed by atoms with Crippen molar-refractivity contribution in [2.45, 2.75) is 85.5 Å². The smallest absolute Gasteiger partial charge is 0.222 e. The van der Waals surface area contributed by atoms with E-state index in [-0.39, 0.29) is 6.84 Å². The predicted molar refractivity (Wildman–Crippen MR) is 153 cm³/mol. The van der Waals surface area contributed by atoms with Crippen LogP contribution in [-0.4, -0.2) is 35.3 Å². The van der Waals surface area contributed by atoms with E-state index in [0.29, 0.717) is 18.1 Å². The zero-order chi connectivity index (χ0) is 26.8. The van der Waals surface area contributed by atoms with Gasteiger partial charge in [0.2, 0.25) is 5.91 Å². The largest absolute Gasteiger partial charge is 0.508 e. The molecule has 0 unspecified atom stereocenters. The number of hydrogen-bond acceptors (Lipinski definition) is 3. The Morgan fingerprint density at radius 2 is 1.72 bits per heavy atom. The van der Waals surface area contributed by atoms with Gasteiger partial charge in [-0.15, -0.1) is 6.58 Å². The minimum Gasteiger partial charge on any atom is -0.508 e. The van der Waals surface area contributed by atoms with E-state index in [1.165, 1.54) is 18.1 Å². The zero-order valence-corrected chi connectivity index (χ0v) is 23.0. The van der Waals surface area contributed by atoms with Crippen LogP contribution in [0.5, 0.6) is 5.75 Å². The molecule has 1 aliphatic heterocycles. The lowest BCUT2D eigenvalue weighted by molar-refractivity contribution is -0.133. The molecule has 200 valence electrons. The minimum atomic E-state index is 0. The summed E-state index contributed by atoms with van der Waals surface area (Å²) in [7, 11) is 0. The first-order chi connectivity index (χ1) is 17.3. The summed E-state index contributed by atoms with van der Waals surface area (Å²) in [6, 6.07) is 16.3. The van der Waals surface area contributed by atoms with Crippen LogP contribution in [0.2, 0.25) is 0 Å². The first-order valence-electron chi connectivity index (χ1n) is 13.5. The van der Waals surface area contributed by atoms with Gasteiger partial charge < -0.3 is 14.8 Å². The molecule has 1 N–H and O–H groups in total. The van der Waals surface area contributed by atoms with Gasteiger partial charge in [0.05, 0.1) is 0 Å². The van der Waals surface area contributed by atoms with Crippen LogP contribution in [0.4, 0.5) is 0 Å². The molecule has 4 nitrogen and oxygen atoms in total. The maximum atomic E-state index is 12.1. The molecular weight excluding hydrogens is 446 g/mol. The highest BCUT2D eigenvalue weighted by molar-refractivity contribution is 5.76. The van der Waals surface area contributed by atoms with Crippen LogP contribution in [0.15, 0.2) is 61.2 Å². The zero-order valence-electron chi connectivity index (χ0n) is 23.0. The topological polar surface area (TPSA) is 57.6 Å². The molecular formula is C32H49NO3. The van der Waals surface area contributed by atoms with Gasteiger partial charge in [0.15, 0.2) is 0 Å². The van der Waals surface area contributed by atoms with E-state index < -0.39 is 0 Å². The van der Waals surface area contributed by atoms with Crippen LogP contribution in [0, 0.1) is 12.3 Å². The fraction of sp³-hybridized carbons (Fsp3) is 0.500. The fourth-order valence-electron chi connectivity index (χ4n) is 4.66. The number of phenolic OH excluding ortho intramolecular Hbond substituents is 1. The first-order valence-corrected chi connectivity index (χ1v) is 13.5. The summed E-state index contributed by atoms with van der Waals surface area (Å²) in [6.07, 6.45) is 11.8. The third-order valence-electron chi connectivity index (χ3n) is 6.89. The molecule has 1 heterocycles. The number of aldehydes is 1. The molecule has 4 heteroatoms. The lowest BCUT2D eigenvalue weighted by Crippen LogP contribution is -2.43. The second-order valence-electron chi connectivity index (χ2n) is 9.68. The molecule has 0 radical (unpaired) electrons. The SMILES string of the molecule is C=CCC1(CCCc2ccccc2O)CCN(C(=O)CCC)CC1.CC=O.CCc1ccc(C)cc1.[HH]. The summed E-state index contributed by atoms with van der Waals surface area (Å²) in [6.45, 7) is 13.5. The van der Waals surface area contributed by atoms with Crippen molar-refractivity contribution in [2.75, 3.05) is 13.1 Å². The maximum Gasteiger partial charge on any atom is 0.222 e. The number of para-hydroxylation sites is 1. The molecule has 2 aromatic rings. The maximum absolute atomic E-state index is 12.1. The number of carbonyl (C=O) groups is 2. The van der Waals surface area contributed by atoms with Gasteiger partial charge >= 0.3 is 0 Å².